The number of anilines is 1. The van der Waals surface area contributed by atoms with Crippen LogP contribution in [0, 0.1) is 33.3 Å². The van der Waals surface area contributed by atoms with E-state index in [1.165, 1.54) is 31.4 Å². The lowest BCUT2D eigenvalue weighted by Crippen LogP contribution is -2.58. The number of nitrogens with zero attached hydrogens (tertiary/aromatic N) is 3. The molecule has 1 heterocycles. The normalized spacial score (nSPS) is 31.9. The number of alkyl halides is 2. The van der Waals surface area contributed by atoms with E-state index in [-0.39, 0.29) is 22.8 Å². The molecule has 6 rings (SSSR count). The smallest absolute Gasteiger partial charge is 0.387 e. The van der Waals surface area contributed by atoms with Crippen LogP contribution in [0.5, 0.6) is 5.75 Å². The third-order valence-electron chi connectivity index (χ3n) is 7.77. The molecule has 5 fully saturated rings. The van der Waals surface area contributed by atoms with Crippen molar-refractivity contribution in [3.8, 4) is 5.75 Å². The van der Waals surface area contributed by atoms with Crippen molar-refractivity contribution in [2.45, 2.75) is 45.1 Å². The van der Waals surface area contributed by atoms with Crippen LogP contribution in [-0.2, 0) is 4.79 Å². The van der Waals surface area contributed by atoms with Crippen LogP contribution in [0.2, 0.25) is 0 Å². The van der Waals surface area contributed by atoms with Gasteiger partial charge in [-0.1, -0.05) is 0 Å². The average Bonchev–Trinajstić information content (AvgIpc) is 2.72. The van der Waals surface area contributed by atoms with E-state index >= 15 is 0 Å². The summed E-state index contributed by atoms with van der Waals surface area (Å²) in [6.07, 6.45) is 6.92. The van der Waals surface area contributed by atoms with Gasteiger partial charge in [-0.2, -0.15) is 8.78 Å². The zero-order valence-electron chi connectivity index (χ0n) is 17.3. The van der Waals surface area contributed by atoms with Crippen molar-refractivity contribution in [2.24, 2.45) is 23.2 Å². The van der Waals surface area contributed by atoms with Crippen LogP contribution in [0.15, 0.2) is 18.2 Å². The van der Waals surface area contributed by atoms with Crippen molar-refractivity contribution in [2.75, 3.05) is 31.1 Å². The Balaban J connectivity index is 1.29. The lowest BCUT2D eigenvalue weighted by molar-refractivity contribution is -0.385. The number of hydrogen-bond donors (Lipinski definition) is 0. The predicted octanol–water partition coefficient (Wildman–Crippen LogP) is 4.06. The summed E-state index contributed by atoms with van der Waals surface area (Å²) in [5.41, 5.74) is -0.0864. The van der Waals surface area contributed by atoms with Crippen molar-refractivity contribution >= 4 is 17.3 Å². The lowest BCUT2D eigenvalue weighted by atomic mass is 9.49. The van der Waals surface area contributed by atoms with E-state index in [1.807, 2.05) is 9.80 Å². The molecule has 1 saturated heterocycles. The van der Waals surface area contributed by atoms with Crippen LogP contribution < -0.4 is 9.64 Å². The third-order valence-corrected chi connectivity index (χ3v) is 7.77. The number of amides is 1. The molecule has 0 radical (unpaired) electrons. The summed E-state index contributed by atoms with van der Waals surface area (Å²) >= 11 is 0. The number of ether oxygens (including phenoxy) is 1. The maximum absolute atomic E-state index is 13.5. The summed E-state index contributed by atoms with van der Waals surface area (Å²) in [5, 5.41) is 11.0. The van der Waals surface area contributed by atoms with Crippen LogP contribution >= 0.6 is 0 Å². The van der Waals surface area contributed by atoms with Gasteiger partial charge in [0.1, 0.15) is 0 Å². The molecule has 5 aliphatic rings. The number of benzene rings is 1. The number of piperazine rings is 1. The number of carbonyl (C=O) groups excluding carboxylic acids is 1. The van der Waals surface area contributed by atoms with Crippen molar-refractivity contribution in [3.63, 3.8) is 0 Å². The molecule has 31 heavy (non-hydrogen) atoms. The molecule has 1 aromatic carbocycles. The van der Waals surface area contributed by atoms with Crippen molar-refractivity contribution in [1.82, 2.24) is 4.90 Å². The molecule has 0 spiro atoms. The van der Waals surface area contributed by atoms with Gasteiger partial charge in [-0.15, -0.1) is 0 Å². The second-order valence-electron chi connectivity index (χ2n) is 9.76. The van der Waals surface area contributed by atoms with Crippen LogP contribution in [0.25, 0.3) is 0 Å². The van der Waals surface area contributed by atoms with Gasteiger partial charge in [0.05, 0.1) is 22.1 Å². The van der Waals surface area contributed by atoms with E-state index in [2.05, 4.69) is 4.74 Å². The van der Waals surface area contributed by atoms with Gasteiger partial charge in [0.2, 0.25) is 5.91 Å². The number of carbonyl (C=O) groups is 1. The highest BCUT2D eigenvalue weighted by atomic mass is 19.3. The van der Waals surface area contributed by atoms with Gasteiger partial charge in [0.25, 0.3) is 5.69 Å². The fourth-order valence-electron chi connectivity index (χ4n) is 6.93. The van der Waals surface area contributed by atoms with Crippen molar-refractivity contribution < 1.29 is 23.2 Å². The zero-order chi connectivity index (χ0) is 21.8. The second kappa shape index (κ2) is 7.60. The first-order chi connectivity index (χ1) is 14.8. The molecule has 0 atom stereocenters. The number of non-ortho nitro benzene ring substituents is 1. The molecule has 1 amide bonds. The van der Waals surface area contributed by atoms with E-state index in [9.17, 15) is 23.7 Å². The fraction of sp³-hybridized carbons (Fsp3) is 0.682. The molecule has 168 valence electrons. The molecule has 0 aromatic heterocycles. The van der Waals surface area contributed by atoms with Crippen LogP contribution in [0.1, 0.15) is 38.5 Å². The van der Waals surface area contributed by atoms with Gasteiger partial charge >= 0.3 is 6.61 Å². The van der Waals surface area contributed by atoms with E-state index in [4.69, 9.17) is 0 Å². The molecular formula is C22H27F2N3O4. The Morgan fingerprint density at radius 1 is 1.06 bits per heavy atom. The zero-order valence-corrected chi connectivity index (χ0v) is 17.3. The first kappa shape index (κ1) is 20.5. The van der Waals surface area contributed by atoms with Gasteiger partial charge < -0.3 is 14.5 Å². The number of nitro groups is 1. The molecule has 1 aromatic rings. The number of hydrogen-bond acceptors (Lipinski definition) is 5. The maximum atomic E-state index is 13.5. The molecule has 0 unspecified atom stereocenters. The fourth-order valence-corrected chi connectivity index (χ4v) is 6.93. The van der Waals surface area contributed by atoms with Gasteiger partial charge in [0.15, 0.2) is 5.75 Å². The van der Waals surface area contributed by atoms with Crippen molar-refractivity contribution in [3.05, 3.63) is 28.3 Å². The average molecular weight is 435 g/mol. The Bertz CT molecular complexity index is 850. The Labute approximate surface area is 179 Å². The van der Waals surface area contributed by atoms with E-state index in [1.54, 1.807) is 0 Å². The molecule has 7 nitrogen and oxygen atoms in total. The molecule has 1 aliphatic heterocycles. The monoisotopic (exact) mass is 435 g/mol. The summed E-state index contributed by atoms with van der Waals surface area (Å²) in [7, 11) is 0. The Hall–Kier alpha value is -2.45. The molecular weight excluding hydrogens is 408 g/mol. The minimum atomic E-state index is -3.07. The summed E-state index contributed by atoms with van der Waals surface area (Å²) in [4.78, 5) is 27.7. The van der Waals surface area contributed by atoms with Crippen molar-refractivity contribution in [1.29, 1.82) is 0 Å². The number of nitro benzene ring substituents is 1. The van der Waals surface area contributed by atoms with Gasteiger partial charge in [0, 0.05) is 32.2 Å². The van der Waals surface area contributed by atoms with Crippen LogP contribution in [-0.4, -0.2) is 48.5 Å². The Morgan fingerprint density at radius 2 is 1.65 bits per heavy atom. The number of rotatable bonds is 5. The topological polar surface area (TPSA) is 75.9 Å². The molecule has 9 heteroatoms. The molecule has 4 aliphatic carbocycles. The predicted molar refractivity (Wildman–Crippen MR) is 109 cm³/mol. The molecule has 4 saturated carbocycles. The van der Waals surface area contributed by atoms with Gasteiger partial charge in [-0.25, -0.2) is 0 Å². The van der Waals surface area contributed by atoms with E-state index in [0.29, 0.717) is 49.6 Å². The molecule has 0 N–H and O–H groups in total. The first-order valence-corrected chi connectivity index (χ1v) is 11.1. The highest BCUT2D eigenvalue weighted by Crippen LogP contribution is 2.60. The summed E-state index contributed by atoms with van der Waals surface area (Å²) in [6.45, 7) is -1.07. The van der Waals surface area contributed by atoms with Crippen LogP contribution in [0.4, 0.5) is 20.2 Å². The summed E-state index contributed by atoms with van der Waals surface area (Å²) < 4.78 is 30.3. The Morgan fingerprint density at radius 3 is 2.16 bits per heavy atom. The van der Waals surface area contributed by atoms with E-state index in [0.717, 1.165) is 25.3 Å². The van der Waals surface area contributed by atoms with Crippen LogP contribution in [0.3, 0.4) is 0 Å². The summed E-state index contributed by atoms with van der Waals surface area (Å²) in [5.74, 6) is 2.17. The van der Waals surface area contributed by atoms with Gasteiger partial charge in [-0.3, -0.25) is 14.9 Å². The summed E-state index contributed by atoms with van der Waals surface area (Å²) in [6, 6.07) is 3.78. The van der Waals surface area contributed by atoms with E-state index < -0.39 is 11.5 Å². The standard InChI is InChI=1S/C22H27F2N3O4/c23-21(24)31-19-10-17(27(29)30)1-2-18(19)25-3-5-26(6-4-25)20(28)22-11-14-7-15(12-22)9-16(8-14)13-22/h1-2,10,14-16,21H,3-9,11-13H2. The lowest BCUT2D eigenvalue weighted by Gasteiger charge is -2.57. The number of halogens is 2. The Kier molecular flexibility index (Phi) is 5.01. The molecule has 4 bridgehead atoms. The first-order valence-electron chi connectivity index (χ1n) is 11.1. The minimum Gasteiger partial charge on any atom is -0.432 e. The minimum absolute atomic E-state index is 0.186. The maximum Gasteiger partial charge on any atom is 0.387 e. The SMILES string of the molecule is O=C(N1CCN(c2ccc([N+](=O)[O-])cc2OC(F)F)CC1)C12CC3CC(CC(C3)C1)C2. The second-order valence-corrected chi connectivity index (χ2v) is 9.76. The quantitative estimate of drug-likeness (QED) is 0.515. The highest BCUT2D eigenvalue weighted by Gasteiger charge is 2.55. The largest absolute Gasteiger partial charge is 0.432 e. The third kappa shape index (κ3) is 3.72. The van der Waals surface area contributed by atoms with Gasteiger partial charge in [-0.05, 0) is 62.3 Å². The highest BCUT2D eigenvalue weighted by molar-refractivity contribution is 5.83.